The molecule has 0 radical (unpaired) electrons. The van der Waals surface area contributed by atoms with E-state index in [0.29, 0.717) is 18.3 Å². The maximum Gasteiger partial charge on any atom is 0.239 e. The van der Waals surface area contributed by atoms with E-state index in [2.05, 4.69) is 10.3 Å². The molecule has 0 saturated heterocycles. The fraction of sp³-hybridized carbons (Fsp3) is 0.583. The summed E-state index contributed by atoms with van der Waals surface area (Å²) in [7, 11) is -3.68. The molecule has 1 aliphatic rings. The summed E-state index contributed by atoms with van der Waals surface area (Å²) in [6.07, 6.45) is 6.13. The van der Waals surface area contributed by atoms with Crippen molar-refractivity contribution in [3.8, 4) is 0 Å². The van der Waals surface area contributed by atoms with Gasteiger partial charge in [0.2, 0.25) is 10.0 Å². The molecule has 7 heteroatoms. The molecule has 0 aromatic carbocycles. The molecule has 6 nitrogen and oxygen atoms in total. The van der Waals surface area contributed by atoms with Crippen LogP contribution in [0.25, 0.3) is 0 Å². The summed E-state index contributed by atoms with van der Waals surface area (Å²) in [6, 6.07) is 3.26. The van der Waals surface area contributed by atoms with Crippen LogP contribution in [0.3, 0.4) is 0 Å². The Kier molecular flexibility index (Phi) is 4.38. The molecular formula is C12H20N4O2S. The third kappa shape index (κ3) is 3.65. The Morgan fingerprint density at radius 2 is 2.05 bits per heavy atom. The average Bonchev–Trinajstić information content (AvgIpc) is 2.89. The Labute approximate surface area is 113 Å². The number of hydrogen-bond donors (Lipinski definition) is 3. The number of anilines is 1. The monoisotopic (exact) mass is 284 g/mol. The second kappa shape index (κ2) is 5.85. The van der Waals surface area contributed by atoms with Crippen molar-refractivity contribution < 1.29 is 8.42 Å². The Morgan fingerprint density at radius 3 is 2.53 bits per heavy atom. The molecular weight excluding hydrogens is 264 g/mol. The van der Waals surface area contributed by atoms with E-state index in [1.54, 1.807) is 6.07 Å². The smallest absolute Gasteiger partial charge is 0.239 e. The maximum atomic E-state index is 11.1. The number of nitrogens with two attached hydrogens (primary N) is 2. The summed E-state index contributed by atoms with van der Waals surface area (Å²) in [5, 5.41) is 8.30. The van der Waals surface area contributed by atoms with E-state index in [1.165, 1.54) is 37.9 Å². The van der Waals surface area contributed by atoms with Crippen molar-refractivity contribution in [1.82, 2.24) is 4.98 Å². The third-order valence-corrected chi connectivity index (χ3v) is 4.52. The fourth-order valence-electron chi connectivity index (χ4n) is 2.55. The fourth-order valence-corrected chi connectivity index (χ4v) is 3.01. The summed E-state index contributed by atoms with van der Waals surface area (Å²) in [6.45, 7) is 0.545. The van der Waals surface area contributed by atoms with Crippen LogP contribution >= 0.6 is 0 Å². The zero-order valence-electron chi connectivity index (χ0n) is 10.7. The lowest BCUT2D eigenvalue weighted by Crippen LogP contribution is -2.35. The van der Waals surface area contributed by atoms with Gasteiger partial charge in [0.05, 0.1) is 0 Å². The van der Waals surface area contributed by atoms with Crippen molar-refractivity contribution in [2.75, 3.05) is 11.9 Å². The van der Waals surface area contributed by atoms with Gasteiger partial charge in [0, 0.05) is 18.8 Å². The van der Waals surface area contributed by atoms with E-state index in [9.17, 15) is 8.42 Å². The summed E-state index contributed by atoms with van der Waals surface area (Å²) in [5.74, 6) is 1.21. The van der Waals surface area contributed by atoms with Crippen molar-refractivity contribution in [3.63, 3.8) is 0 Å². The van der Waals surface area contributed by atoms with Gasteiger partial charge in [0.25, 0.3) is 0 Å². The lowest BCUT2D eigenvalue weighted by atomic mass is 9.98. The number of aromatic nitrogens is 1. The zero-order valence-corrected chi connectivity index (χ0v) is 11.6. The van der Waals surface area contributed by atoms with Gasteiger partial charge in [-0.05, 0) is 30.9 Å². The number of rotatable bonds is 5. The number of sulfonamides is 1. The Hall–Kier alpha value is -1.18. The van der Waals surface area contributed by atoms with Gasteiger partial charge in [-0.3, -0.25) is 0 Å². The number of primary sulfonamides is 1. The highest BCUT2D eigenvalue weighted by molar-refractivity contribution is 7.89. The second-order valence-corrected chi connectivity index (χ2v) is 6.52. The Morgan fingerprint density at radius 1 is 1.37 bits per heavy atom. The van der Waals surface area contributed by atoms with Crippen molar-refractivity contribution in [1.29, 1.82) is 0 Å². The van der Waals surface area contributed by atoms with Gasteiger partial charge in [0.1, 0.15) is 10.7 Å². The Balaban J connectivity index is 2.05. The molecule has 1 aromatic rings. The number of nitrogens with zero attached hydrogens (tertiary/aromatic N) is 1. The van der Waals surface area contributed by atoms with Gasteiger partial charge in [0.15, 0.2) is 0 Å². The molecule has 0 bridgehead atoms. The first-order valence-electron chi connectivity index (χ1n) is 6.46. The minimum atomic E-state index is -3.68. The van der Waals surface area contributed by atoms with Crippen LogP contribution in [0, 0.1) is 5.92 Å². The highest BCUT2D eigenvalue weighted by Gasteiger charge is 2.24. The van der Waals surface area contributed by atoms with Crippen molar-refractivity contribution >= 4 is 15.8 Å². The summed E-state index contributed by atoms with van der Waals surface area (Å²) in [5.41, 5.74) is 5.79. The highest BCUT2D eigenvalue weighted by Crippen LogP contribution is 2.28. The minimum absolute atomic E-state index is 0.0169. The van der Waals surface area contributed by atoms with Crippen LogP contribution in [-0.2, 0) is 10.0 Å². The van der Waals surface area contributed by atoms with Crippen LogP contribution in [0.1, 0.15) is 25.7 Å². The predicted molar refractivity (Wildman–Crippen MR) is 74.0 cm³/mol. The van der Waals surface area contributed by atoms with Crippen LogP contribution in [0.15, 0.2) is 23.2 Å². The van der Waals surface area contributed by atoms with E-state index in [1.807, 2.05) is 0 Å². The molecule has 1 atom stereocenters. The summed E-state index contributed by atoms with van der Waals surface area (Å²) in [4.78, 5) is 4.10. The molecule has 1 fully saturated rings. The maximum absolute atomic E-state index is 11.1. The molecule has 1 saturated carbocycles. The molecule has 1 heterocycles. The van der Waals surface area contributed by atoms with Crippen molar-refractivity contribution in [2.24, 2.45) is 16.8 Å². The molecule has 1 unspecified atom stereocenters. The van der Waals surface area contributed by atoms with Gasteiger partial charge in [-0.1, -0.05) is 12.8 Å². The first-order valence-corrected chi connectivity index (χ1v) is 8.01. The molecule has 0 spiro atoms. The van der Waals surface area contributed by atoms with E-state index in [-0.39, 0.29) is 10.9 Å². The van der Waals surface area contributed by atoms with E-state index < -0.39 is 10.0 Å². The van der Waals surface area contributed by atoms with E-state index in [0.717, 1.165) is 0 Å². The van der Waals surface area contributed by atoms with E-state index in [4.69, 9.17) is 10.9 Å². The second-order valence-electron chi connectivity index (χ2n) is 4.96. The first kappa shape index (κ1) is 14.2. The SMILES string of the molecule is NCC(Nc1ccc(S(N)(=O)=O)cn1)C1CCCC1. The van der Waals surface area contributed by atoms with Crippen molar-refractivity contribution in [2.45, 2.75) is 36.6 Å². The molecule has 1 aromatic heterocycles. The van der Waals surface area contributed by atoms with Crippen LogP contribution in [-0.4, -0.2) is 26.0 Å². The van der Waals surface area contributed by atoms with Crippen LogP contribution in [0.4, 0.5) is 5.82 Å². The van der Waals surface area contributed by atoms with Gasteiger partial charge < -0.3 is 11.1 Å². The molecule has 0 amide bonds. The summed E-state index contributed by atoms with van der Waals surface area (Å²) >= 11 is 0. The molecule has 5 N–H and O–H groups in total. The standard InChI is InChI=1S/C12H20N4O2S/c13-7-11(9-3-1-2-4-9)16-12-6-5-10(8-15-12)19(14,17)18/h5-6,8-9,11H,1-4,7,13H2,(H,15,16)(H2,14,17,18). The molecule has 1 aliphatic carbocycles. The Bertz CT molecular complexity index is 509. The van der Waals surface area contributed by atoms with Gasteiger partial charge >= 0.3 is 0 Å². The molecule has 0 aliphatic heterocycles. The van der Waals surface area contributed by atoms with E-state index >= 15 is 0 Å². The zero-order chi connectivity index (χ0) is 13.9. The number of pyridine rings is 1. The first-order chi connectivity index (χ1) is 9.00. The van der Waals surface area contributed by atoms with Gasteiger partial charge in [-0.25, -0.2) is 18.5 Å². The number of hydrogen-bond acceptors (Lipinski definition) is 5. The third-order valence-electron chi connectivity index (χ3n) is 3.62. The molecule has 2 rings (SSSR count). The van der Waals surface area contributed by atoms with Gasteiger partial charge in [-0.15, -0.1) is 0 Å². The summed E-state index contributed by atoms with van der Waals surface area (Å²) < 4.78 is 22.3. The van der Waals surface area contributed by atoms with Crippen LogP contribution in [0.2, 0.25) is 0 Å². The quantitative estimate of drug-likeness (QED) is 0.735. The minimum Gasteiger partial charge on any atom is -0.366 e. The normalized spacial score (nSPS) is 18.4. The topological polar surface area (TPSA) is 111 Å². The highest BCUT2D eigenvalue weighted by atomic mass is 32.2. The largest absolute Gasteiger partial charge is 0.366 e. The molecule has 19 heavy (non-hydrogen) atoms. The van der Waals surface area contributed by atoms with Gasteiger partial charge in [-0.2, -0.15) is 0 Å². The molecule has 106 valence electrons. The lowest BCUT2D eigenvalue weighted by molar-refractivity contribution is 0.461. The van der Waals surface area contributed by atoms with Crippen molar-refractivity contribution in [3.05, 3.63) is 18.3 Å². The average molecular weight is 284 g/mol. The van der Waals surface area contributed by atoms with Crippen LogP contribution in [0.5, 0.6) is 0 Å². The number of nitrogens with one attached hydrogen (secondary N) is 1. The predicted octanol–water partition coefficient (Wildman–Crippen LogP) is 0.658. The lowest BCUT2D eigenvalue weighted by Gasteiger charge is -2.23. The van der Waals surface area contributed by atoms with Crippen LogP contribution < -0.4 is 16.2 Å².